The standard InChI is InChI=1S/C13H14N2O/c1-9-4-2-3-5-10(9)13-11-8-16-7-6-12(11)14-15-13/h2-5H,6-8H2,1H3,(H,14,15). The maximum Gasteiger partial charge on any atom is 0.0981 e. The highest BCUT2D eigenvalue weighted by molar-refractivity contribution is 5.67. The van der Waals surface area contributed by atoms with E-state index in [0.29, 0.717) is 6.61 Å². The Morgan fingerprint density at radius 1 is 1.31 bits per heavy atom. The molecule has 0 amide bonds. The lowest BCUT2D eigenvalue weighted by atomic mass is 10.0. The molecule has 1 aliphatic heterocycles. The number of rotatable bonds is 1. The third-order valence-electron chi connectivity index (χ3n) is 3.10. The minimum atomic E-state index is 0.676. The lowest BCUT2D eigenvalue weighted by molar-refractivity contribution is 0.110. The molecule has 0 unspecified atom stereocenters. The SMILES string of the molecule is Cc1ccccc1-c1n[nH]c2c1COCC2. The van der Waals surface area contributed by atoms with Gasteiger partial charge in [0.25, 0.3) is 0 Å². The zero-order chi connectivity index (χ0) is 11.0. The predicted octanol–water partition coefficient (Wildman–Crippen LogP) is 2.46. The van der Waals surface area contributed by atoms with Crippen molar-refractivity contribution in [3.05, 3.63) is 41.1 Å². The number of aryl methyl sites for hydroxylation is 1. The van der Waals surface area contributed by atoms with Crippen molar-refractivity contribution < 1.29 is 4.74 Å². The van der Waals surface area contributed by atoms with E-state index in [2.05, 4.69) is 35.3 Å². The van der Waals surface area contributed by atoms with Crippen molar-refractivity contribution in [2.45, 2.75) is 20.0 Å². The van der Waals surface area contributed by atoms with Crippen LogP contribution < -0.4 is 0 Å². The lowest BCUT2D eigenvalue weighted by Crippen LogP contribution is -2.09. The monoisotopic (exact) mass is 214 g/mol. The van der Waals surface area contributed by atoms with Crippen LogP contribution in [0.4, 0.5) is 0 Å². The zero-order valence-electron chi connectivity index (χ0n) is 9.29. The summed E-state index contributed by atoms with van der Waals surface area (Å²) in [4.78, 5) is 0. The van der Waals surface area contributed by atoms with Crippen LogP contribution in [0, 0.1) is 6.92 Å². The fourth-order valence-electron chi connectivity index (χ4n) is 2.17. The van der Waals surface area contributed by atoms with E-state index in [1.807, 2.05) is 6.07 Å². The lowest BCUT2D eigenvalue weighted by Gasteiger charge is -2.13. The number of benzene rings is 1. The predicted molar refractivity (Wildman–Crippen MR) is 62.1 cm³/mol. The second-order valence-electron chi connectivity index (χ2n) is 4.15. The van der Waals surface area contributed by atoms with Crippen molar-refractivity contribution in [3.8, 4) is 11.3 Å². The van der Waals surface area contributed by atoms with Gasteiger partial charge >= 0.3 is 0 Å². The molecule has 0 saturated heterocycles. The summed E-state index contributed by atoms with van der Waals surface area (Å²) in [5.41, 5.74) is 5.95. The number of H-pyrrole nitrogens is 1. The van der Waals surface area contributed by atoms with Crippen LogP contribution >= 0.6 is 0 Å². The molecule has 0 radical (unpaired) electrons. The molecule has 3 heteroatoms. The van der Waals surface area contributed by atoms with Crippen molar-refractivity contribution in [1.29, 1.82) is 0 Å². The summed E-state index contributed by atoms with van der Waals surface area (Å²) < 4.78 is 5.50. The van der Waals surface area contributed by atoms with Crippen LogP contribution in [-0.4, -0.2) is 16.8 Å². The molecule has 0 aliphatic carbocycles. The van der Waals surface area contributed by atoms with Gasteiger partial charge in [-0.2, -0.15) is 5.10 Å². The molecule has 0 saturated carbocycles. The first-order chi connectivity index (χ1) is 7.86. The first-order valence-electron chi connectivity index (χ1n) is 5.56. The van der Waals surface area contributed by atoms with Gasteiger partial charge in [-0.3, -0.25) is 5.10 Å². The molecule has 82 valence electrons. The van der Waals surface area contributed by atoms with E-state index in [4.69, 9.17) is 4.74 Å². The van der Waals surface area contributed by atoms with Crippen LogP contribution in [0.25, 0.3) is 11.3 Å². The van der Waals surface area contributed by atoms with Gasteiger partial charge in [0, 0.05) is 23.2 Å². The maximum atomic E-state index is 5.50. The Kier molecular flexibility index (Phi) is 2.26. The minimum Gasteiger partial charge on any atom is -0.376 e. The van der Waals surface area contributed by atoms with Crippen molar-refractivity contribution in [1.82, 2.24) is 10.2 Å². The van der Waals surface area contributed by atoms with Crippen molar-refractivity contribution in [3.63, 3.8) is 0 Å². The molecule has 2 heterocycles. The van der Waals surface area contributed by atoms with Crippen LogP contribution in [0.2, 0.25) is 0 Å². The molecule has 0 bridgehead atoms. The van der Waals surface area contributed by atoms with Gasteiger partial charge in [0.2, 0.25) is 0 Å². The number of aromatic amines is 1. The number of ether oxygens (including phenoxy) is 1. The van der Waals surface area contributed by atoms with E-state index in [-0.39, 0.29) is 0 Å². The van der Waals surface area contributed by atoms with E-state index in [1.165, 1.54) is 22.4 Å². The second-order valence-corrected chi connectivity index (χ2v) is 4.15. The molecule has 16 heavy (non-hydrogen) atoms. The molecule has 0 atom stereocenters. The van der Waals surface area contributed by atoms with Crippen LogP contribution in [0.5, 0.6) is 0 Å². The molecule has 0 spiro atoms. The molecule has 0 fully saturated rings. The smallest absolute Gasteiger partial charge is 0.0981 e. The number of nitrogens with one attached hydrogen (secondary N) is 1. The summed E-state index contributed by atoms with van der Waals surface area (Å²) in [6.45, 7) is 3.58. The van der Waals surface area contributed by atoms with Crippen molar-refractivity contribution in [2.75, 3.05) is 6.61 Å². The third kappa shape index (κ3) is 1.44. The highest BCUT2D eigenvalue weighted by Crippen LogP contribution is 2.29. The quantitative estimate of drug-likeness (QED) is 0.791. The number of hydrogen-bond acceptors (Lipinski definition) is 2. The van der Waals surface area contributed by atoms with Gasteiger partial charge in [-0.15, -0.1) is 0 Å². The molecule has 1 aromatic heterocycles. The summed E-state index contributed by atoms with van der Waals surface area (Å²) in [7, 11) is 0. The molecular formula is C13H14N2O. The fraction of sp³-hybridized carbons (Fsp3) is 0.308. The molecule has 1 aromatic carbocycles. The third-order valence-corrected chi connectivity index (χ3v) is 3.10. The molecule has 3 nitrogen and oxygen atoms in total. The molecule has 1 N–H and O–H groups in total. The Labute approximate surface area is 94.5 Å². The first-order valence-corrected chi connectivity index (χ1v) is 5.56. The fourth-order valence-corrected chi connectivity index (χ4v) is 2.17. The van der Waals surface area contributed by atoms with Gasteiger partial charge in [0.05, 0.1) is 18.9 Å². The van der Waals surface area contributed by atoms with Gasteiger partial charge in [-0.1, -0.05) is 24.3 Å². The summed E-state index contributed by atoms with van der Waals surface area (Å²) in [5.74, 6) is 0. The van der Waals surface area contributed by atoms with Crippen LogP contribution in [0.1, 0.15) is 16.8 Å². The van der Waals surface area contributed by atoms with Gasteiger partial charge in [-0.25, -0.2) is 0 Å². The number of nitrogens with zero attached hydrogens (tertiary/aromatic N) is 1. The van der Waals surface area contributed by atoms with Crippen molar-refractivity contribution in [2.24, 2.45) is 0 Å². The topological polar surface area (TPSA) is 37.9 Å². The average Bonchev–Trinajstić information content (AvgIpc) is 2.74. The van der Waals surface area contributed by atoms with Crippen LogP contribution in [0.3, 0.4) is 0 Å². The molecule has 1 aliphatic rings. The first kappa shape index (κ1) is 9.60. The summed E-state index contributed by atoms with van der Waals surface area (Å²) in [6, 6.07) is 8.32. The Morgan fingerprint density at radius 3 is 3.06 bits per heavy atom. The summed E-state index contributed by atoms with van der Waals surface area (Å²) in [6.07, 6.45) is 0.939. The Bertz CT molecular complexity index is 516. The van der Waals surface area contributed by atoms with Gasteiger partial charge in [0.15, 0.2) is 0 Å². The van der Waals surface area contributed by atoms with E-state index in [9.17, 15) is 0 Å². The number of hydrogen-bond donors (Lipinski definition) is 1. The van der Waals surface area contributed by atoms with Crippen LogP contribution in [0.15, 0.2) is 24.3 Å². The average molecular weight is 214 g/mol. The van der Waals surface area contributed by atoms with Gasteiger partial charge in [-0.05, 0) is 12.5 Å². The van der Waals surface area contributed by atoms with Crippen molar-refractivity contribution >= 4 is 0 Å². The Balaban J connectivity index is 2.13. The molecule has 3 rings (SSSR count). The molecular weight excluding hydrogens is 200 g/mol. The van der Waals surface area contributed by atoms with E-state index < -0.39 is 0 Å². The zero-order valence-corrected chi connectivity index (χ0v) is 9.29. The maximum absolute atomic E-state index is 5.50. The Morgan fingerprint density at radius 2 is 2.19 bits per heavy atom. The van der Waals surface area contributed by atoms with Gasteiger partial charge in [0.1, 0.15) is 0 Å². The van der Waals surface area contributed by atoms with Gasteiger partial charge < -0.3 is 4.74 Å². The minimum absolute atomic E-state index is 0.676. The highest BCUT2D eigenvalue weighted by Gasteiger charge is 2.18. The normalized spacial score (nSPS) is 14.8. The summed E-state index contributed by atoms with van der Waals surface area (Å²) >= 11 is 0. The summed E-state index contributed by atoms with van der Waals surface area (Å²) in [5, 5.41) is 7.55. The van der Waals surface area contributed by atoms with E-state index in [0.717, 1.165) is 18.7 Å². The number of aromatic nitrogens is 2. The van der Waals surface area contributed by atoms with E-state index in [1.54, 1.807) is 0 Å². The molecule has 2 aromatic rings. The van der Waals surface area contributed by atoms with Crippen LogP contribution in [-0.2, 0) is 17.8 Å². The highest BCUT2D eigenvalue weighted by atomic mass is 16.5. The Hall–Kier alpha value is -1.61. The number of fused-ring (bicyclic) bond motifs is 1. The van der Waals surface area contributed by atoms with E-state index >= 15 is 0 Å². The second kappa shape index (κ2) is 3.76. The largest absolute Gasteiger partial charge is 0.376 e.